The van der Waals surface area contributed by atoms with Gasteiger partial charge in [-0.25, -0.2) is 0 Å². The highest BCUT2D eigenvalue weighted by Crippen LogP contribution is 2.26. The summed E-state index contributed by atoms with van der Waals surface area (Å²) in [6.07, 6.45) is 4.28. The summed E-state index contributed by atoms with van der Waals surface area (Å²) in [4.78, 5) is 20.7. The Kier molecular flexibility index (Phi) is 2.33. The van der Waals surface area contributed by atoms with Crippen molar-refractivity contribution < 1.29 is 9.72 Å². The number of Topliss-reactive ketones (excluding diaryl/α,β-unsaturated/α-hetero) is 1. The Balaban J connectivity index is 2.07. The van der Waals surface area contributed by atoms with Crippen molar-refractivity contribution in [2.24, 2.45) is 5.92 Å². The first kappa shape index (κ1) is 9.58. The van der Waals surface area contributed by atoms with Gasteiger partial charge in [0.05, 0.1) is 4.92 Å². The second-order valence-electron chi connectivity index (χ2n) is 3.48. The summed E-state index contributed by atoms with van der Waals surface area (Å²) < 4.78 is 0. The molecule has 0 radical (unpaired) electrons. The van der Waals surface area contributed by atoms with Gasteiger partial charge in [-0.3, -0.25) is 14.9 Å². The number of carbonyl (C=O) groups excluding carboxylic acids is 1. The third-order valence-corrected chi connectivity index (χ3v) is 2.30. The highest BCUT2D eigenvalue weighted by atomic mass is 16.6. The second-order valence-corrected chi connectivity index (χ2v) is 3.48. The molecular formula is C11H9NO3. The SMILES string of the molecule is O=C1CC1/C=C/c1ccc([N+](=O)[O-])cc1. The minimum absolute atomic E-state index is 0.0696. The van der Waals surface area contributed by atoms with E-state index in [1.807, 2.05) is 12.2 Å². The summed E-state index contributed by atoms with van der Waals surface area (Å²) in [5.74, 6) is 0.327. The Labute approximate surface area is 86.4 Å². The number of nitro groups is 1. The van der Waals surface area contributed by atoms with Crippen LogP contribution in [0.4, 0.5) is 5.69 Å². The van der Waals surface area contributed by atoms with Gasteiger partial charge in [0.15, 0.2) is 0 Å². The number of benzene rings is 1. The van der Waals surface area contributed by atoms with Crippen LogP contribution in [0, 0.1) is 16.0 Å². The molecule has 0 heterocycles. The van der Waals surface area contributed by atoms with Crippen LogP contribution in [0.3, 0.4) is 0 Å². The van der Waals surface area contributed by atoms with Crippen molar-refractivity contribution in [2.45, 2.75) is 6.42 Å². The summed E-state index contributed by atoms with van der Waals surface area (Å²) in [7, 11) is 0. The topological polar surface area (TPSA) is 60.2 Å². The molecule has 1 saturated carbocycles. The van der Waals surface area contributed by atoms with Gasteiger partial charge in [0.2, 0.25) is 0 Å². The largest absolute Gasteiger partial charge is 0.299 e. The maximum atomic E-state index is 10.7. The fourth-order valence-corrected chi connectivity index (χ4v) is 1.27. The molecule has 0 saturated heterocycles. The molecule has 0 aromatic heterocycles. The summed E-state index contributed by atoms with van der Waals surface area (Å²) in [6, 6.07) is 6.24. The molecule has 1 aromatic rings. The van der Waals surface area contributed by atoms with E-state index in [9.17, 15) is 14.9 Å². The van der Waals surface area contributed by atoms with Crippen LogP contribution in [0.5, 0.6) is 0 Å². The average Bonchev–Trinajstić information content (AvgIpc) is 2.92. The molecule has 4 heteroatoms. The lowest BCUT2D eigenvalue weighted by Gasteiger charge is -1.92. The normalized spacial score (nSPS) is 19.5. The van der Waals surface area contributed by atoms with E-state index in [1.54, 1.807) is 12.1 Å². The minimum atomic E-state index is -0.433. The number of ketones is 1. The molecule has 0 amide bonds. The fraction of sp³-hybridized carbons (Fsp3) is 0.182. The zero-order valence-electron chi connectivity index (χ0n) is 7.92. The van der Waals surface area contributed by atoms with Crippen molar-refractivity contribution in [3.05, 3.63) is 46.0 Å². The molecule has 1 aliphatic carbocycles. The van der Waals surface area contributed by atoms with Crippen molar-refractivity contribution in [2.75, 3.05) is 0 Å². The molecule has 4 nitrogen and oxygen atoms in total. The van der Waals surface area contributed by atoms with E-state index in [2.05, 4.69) is 0 Å². The van der Waals surface area contributed by atoms with E-state index >= 15 is 0 Å². The van der Waals surface area contributed by atoms with Crippen LogP contribution in [-0.2, 0) is 4.79 Å². The predicted octanol–water partition coefficient (Wildman–Crippen LogP) is 2.20. The van der Waals surface area contributed by atoms with Gasteiger partial charge in [-0.2, -0.15) is 0 Å². The van der Waals surface area contributed by atoms with Crippen LogP contribution in [-0.4, -0.2) is 10.7 Å². The van der Waals surface area contributed by atoms with E-state index < -0.39 is 4.92 Å². The summed E-state index contributed by atoms with van der Waals surface area (Å²) >= 11 is 0. The van der Waals surface area contributed by atoms with E-state index in [-0.39, 0.29) is 17.4 Å². The number of nitrogens with zero attached hydrogens (tertiary/aromatic N) is 1. The van der Waals surface area contributed by atoms with Gasteiger partial charge < -0.3 is 0 Å². The van der Waals surface area contributed by atoms with Gasteiger partial charge in [0, 0.05) is 24.5 Å². The molecular weight excluding hydrogens is 194 g/mol. The molecule has 0 aliphatic heterocycles. The van der Waals surface area contributed by atoms with Crippen molar-refractivity contribution >= 4 is 17.5 Å². The van der Waals surface area contributed by atoms with Crippen LogP contribution >= 0.6 is 0 Å². The van der Waals surface area contributed by atoms with Crippen LogP contribution in [0.2, 0.25) is 0 Å². The third-order valence-electron chi connectivity index (χ3n) is 2.30. The molecule has 1 aliphatic rings. The van der Waals surface area contributed by atoms with Gasteiger partial charge in [-0.05, 0) is 17.7 Å². The van der Waals surface area contributed by atoms with Gasteiger partial charge in [0.1, 0.15) is 5.78 Å². The molecule has 2 rings (SSSR count). The maximum Gasteiger partial charge on any atom is 0.269 e. The average molecular weight is 203 g/mol. The number of hydrogen-bond donors (Lipinski definition) is 0. The van der Waals surface area contributed by atoms with Crippen LogP contribution in [0.15, 0.2) is 30.3 Å². The molecule has 1 unspecified atom stereocenters. The Hall–Kier alpha value is -1.97. The summed E-state index contributed by atoms with van der Waals surface area (Å²) in [6.45, 7) is 0. The highest BCUT2D eigenvalue weighted by Gasteiger charge is 2.31. The monoisotopic (exact) mass is 203 g/mol. The van der Waals surface area contributed by atoms with Crippen molar-refractivity contribution in [3.63, 3.8) is 0 Å². The fourth-order valence-electron chi connectivity index (χ4n) is 1.27. The van der Waals surface area contributed by atoms with Gasteiger partial charge in [-0.1, -0.05) is 12.2 Å². The van der Waals surface area contributed by atoms with Crippen LogP contribution in [0.1, 0.15) is 12.0 Å². The van der Waals surface area contributed by atoms with E-state index in [0.717, 1.165) is 5.56 Å². The summed E-state index contributed by atoms with van der Waals surface area (Å²) in [5.41, 5.74) is 0.954. The third kappa shape index (κ3) is 2.28. The quantitative estimate of drug-likeness (QED) is 0.558. The zero-order chi connectivity index (χ0) is 10.8. The molecule has 1 fully saturated rings. The molecule has 15 heavy (non-hydrogen) atoms. The van der Waals surface area contributed by atoms with Crippen LogP contribution < -0.4 is 0 Å². The first-order chi connectivity index (χ1) is 7.16. The van der Waals surface area contributed by atoms with Gasteiger partial charge in [0.25, 0.3) is 5.69 Å². The number of allylic oxidation sites excluding steroid dienone is 1. The van der Waals surface area contributed by atoms with Crippen molar-refractivity contribution in [1.29, 1.82) is 0 Å². The number of non-ortho nitro benzene ring substituents is 1. The molecule has 0 bridgehead atoms. The summed E-state index contributed by atoms with van der Waals surface area (Å²) in [5, 5.41) is 10.4. The van der Waals surface area contributed by atoms with E-state index in [4.69, 9.17) is 0 Å². The number of rotatable bonds is 3. The Morgan fingerprint density at radius 2 is 1.93 bits per heavy atom. The van der Waals surface area contributed by atoms with Gasteiger partial charge in [-0.15, -0.1) is 0 Å². The Bertz CT molecular complexity index is 434. The van der Waals surface area contributed by atoms with Gasteiger partial charge >= 0.3 is 0 Å². The molecule has 1 aromatic carbocycles. The van der Waals surface area contributed by atoms with Crippen molar-refractivity contribution in [1.82, 2.24) is 0 Å². The Morgan fingerprint density at radius 1 is 1.33 bits per heavy atom. The standard InChI is InChI=1S/C11H9NO3/c13-11-7-9(11)4-1-8-2-5-10(6-3-8)12(14)15/h1-6,9H,7H2/b4-1+. The molecule has 1 atom stereocenters. The molecule has 0 spiro atoms. The smallest absolute Gasteiger partial charge is 0.269 e. The minimum Gasteiger partial charge on any atom is -0.299 e. The lowest BCUT2D eigenvalue weighted by atomic mass is 10.2. The first-order valence-corrected chi connectivity index (χ1v) is 4.62. The molecule has 0 N–H and O–H groups in total. The Morgan fingerprint density at radius 3 is 2.40 bits per heavy atom. The maximum absolute atomic E-state index is 10.7. The van der Waals surface area contributed by atoms with Crippen LogP contribution in [0.25, 0.3) is 6.08 Å². The van der Waals surface area contributed by atoms with Crippen molar-refractivity contribution in [3.8, 4) is 0 Å². The lowest BCUT2D eigenvalue weighted by Crippen LogP contribution is -1.86. The van der Waals surface area contributed by atoms with E-state index in [1.165, 1.54) is 12.1 Å². The number of hydrogen-bond acceptors (Lipinski definition) is 3. The molecule has 76 valence electrons. The number of nitro benzene ring substituents is 1. The zero-order valence-corrected chi connectivity index (χ0v) is 7.92. The predicted molar refractivity (Wildman–Crippen MR) is 55.2 cm³/mol. The number of carbonyl (C=O) groups is 1. The second kappa shape index (κ2) is 3.65. The lowest BCUT2D eigenvalue weighted by molar-refractivity contribution is -0.384. The first-order valence-electron chi connectivity index (χ1n) is 4.62. The highest BCUT2D eigenvalue weighted by molar-refractivity contribution is 5.98. The van der Waals surface area contributed by atoms with E-state index in [0.29, 0.717) is 6.42 Å².